The summed E-state index contributed by atoms with van der Waals surface area (Å²) < 4.78 is 31.9. The molecular formula is C17H24Cl2N2O4S. The minimum absolute atomic E-state index is 0.101. The fraction of sp³-hybridized carbons (Fsp3) is 0.588. The predicted octanol–water partition coefficient (Wildman–Crippen LogP) is 3.81. The SMILES string of the molecule is CC(C)(C)OC(=O)NC1CCN(S(=O)(=O)Cc2ccc(Cl)cc2Cl)CC1. The highest BCUT2D eigenvalue weighted by Gasteiger charge is 2.30. The summed E-state index contributed by atoms with van der Waals surface area (Å²) in [4.78, 5) is 11.8. The van der Waals surface area contributed by atoms with E-state index in [1.165, 1.54) is 10.4 Å². The fourth-order valence-electron chi connectivity index (χ4n) is 2.68. The number of sulfonamides is 1. The zero-order valence-corrected chi connectivity index (χ0v) is 17.4. The molecule has 146 valence electrons. The van der Waals surface area contributed by atoms with Crippen LogP contribution in [-0.4, -0.2) is 43.5 Å². The molecule has 9 heteroatoms. The smallest absolute Gasteiger partial charge is 0.407 e. The van der Waals surface area contributed by atoms with Crippen LogP contribution in [-0.2, 0) is 20.5 Å². The summed E-state index contributed by atoms with van der Waals surface area (Å²) in [5.41, 5.74) is -0.0449. The maximum Gasteiger partial charge on any atom is 0.407 e. The topological polar surface area (TPSA) is 75.7 Å². The first-order chi connectivity index (χ1) is 12.0. The number of carbonyl (C=O) groups excluding carboxylic acids is 1. The molecule has 0 aromatic heterocycles. The molecule has 0 radical (unpaired) electrons. The summed E-state index contributed by atoms with van der Waals surface area (Å²) >= 11 is 11.9. The summed E-state index contributed by atoms with van der Waals surface area (Å²) in [6.07, 6.45) is 0.589. The lowest BCUT2D eigenvalue weighted by molar-refractivity contribution is 0.0489. The average molecular weight is 423 g/mol. The summed E-state index contributed by atoms with van der Waals surface area (Å²) in [5.74, 6) is -0.173. The van der Waals surface area contributed by atoms with E-state index < -0.39 is 21.7 Å². The molecule has 6 nitrogen and oxygen atoms in total. The number of amides is 1. The zero-order chi connectivity index (χ0) is 19.5. The number of nitrogens with one attached hydrogen (secondary N) is 1. The van der Waals surface area contributed by atoms with Gasteiger partial charge in [-0.05, 0) is 51.3 Å². The van der Waals surface area contributed by atoms with Crippen molar-refractivity contribution in [3.63, 3.8) is 0 Å². The summed E-state index contributed by atoms with van der Waals surface area (Å²) in [6, 6.07) is 4.68. The van der Waals surface area contributed by atoms with Crippen LogP contribution in [0.5, 0.6) is 0 Å². The Kier molecular flexibility index (Phi) is 6.82. The van der Waals surface area contributed by atoms with Crippen molar-refractivity contribution in [2.24, 2.45) is 0 Å². The maximum absolute atomic E-state index is 12.6. The van der Waals surface area contributed by atoms with Gasteiger partial charge in [-0.2, -0.15) is 0 Å². The Morgan fingerprint density at radius 1 is 1.27 bits per heavy atom. The van der Waals surface area contributed by atoms with Crippen LogP contribution in [0.1, 0.15) is 39.2 Å². The van der Waals surface area contributed by atoms with Gasteiger partial charge in [-0.25, -0.2) is 17.5 Å². The maximum atomic E-state index is 12.6. The summed E-state index contributed by atoms with van der Waals surface area (Å²) in [5, 5.41) is 3.59. The molecule has 1 aromatic rings. The number of hydrogen-bond acceptors (Lipinski definition) is 4. The van der Waals surface area contributed by atoms with Crippen LogP contribution in [0.25, 0.3) is 0 Å². The van der Waals surface area contributed by atoms with Crippen LogP contribution in [0, 0.1) is 0 Å². The van der Waals surface area contributed by atoms with Crippen LogP contribution in [0.3, 0.4) is 0 Å². The number of alkyl carbamates (subject to hydrolysis) is 1. The number of rotatable bonds is 4. The Balaban J connectivity index is 1.91. The molecule has 0 spiro atoms. The van der Waals surface area contributed by atoms with Gasteiger partial charge < -0.3 is 10.1 Å². The van der Waals surface area contributed by atoms with Crippen molar-refractivity contribution in [1.82, 2.24) is 9.62 Å². The number of halogens is 2. The highest BCUT2D eigenvalue weighted by molar-refractivity contribution is 7.88. The Hall–Kier alpha value is -1.02. The molecule has 1 heterocycles. The molecule has 0 bridgehead atoms. The van der Waals surface area contributed by atoms with Gasteiger partial charge in [0.2, 0.25) is 10.0 Å². The first-order valence-corrected chi connectivity index (χ1v) is 10.7. The standard InChI is InChI=1S/C17H24Cl2N2O4S/c1-17(2,3)25-16(22)20-14-6-8-21(9-7-14)26(23,24)11-12-4-5-13(18)10-15(12)19/h4-5,10,14H,6-9,11H2,1-3H3,(H,20,22). The van der Waals surface area contributed by atoms with E-state index in [4.69, 9.17) is 27.9 Å². The first-order valence-electron chi connectivity index (χ1n) is 8.37. The van der Waals surface area contributed by atoms with E-state index in [1.807, 2.05) is 0 Å². The van der Waals surface area contributed by atoms with Crippen molar-refractivity contribution >= 4 is 39.3 Å². The molecule has 2 rings (SSSR count). The zero-order valence-electron chi connectivity index (χ0n) is 15.1. The number of carbonyl (C=O) groups is 1. The van der Waals surface area contributed by atoms with E-state index >= 15 is 0 Å². The Morgan fingerprint density at radius 3 is 2.42 bits per heavy atom. The monoisotopic (exact) mass is 422 g/mol. The van der Waals surface area contributed by atoms with Gasteiger partial charge >= 0.3 is 6.09 Å². The second kappa shape index (κ2) is 8.33. The molecule has 26 heavy (non-hydrogen) atoms. The van der Waals surface area contributed by atoms with Crippen molar-refractivity contribution < 1.29 is 17.9 Å². The van der Waals surface area contributed by atoms with E-state index in [0.717, 1.165) is 0 Å². The van der Waals surface area contributed by atoms with Crippen LogP contribution in [0.2, 0.25) is 10.0 Å². The van der Waals surface area contributed by atoms with Crippen LogP contribution < -0.4 is 5.32 Å². The number of piperidine rings is 1. The summed E-state index contributed by atoms with van der Waals surface area (Å²) in [6.45, 7) is 6.07. The minimum Gasteiger partial charge on any atom is -0.444 e. The predicted molar refractivity (Wildman–Crippen MR) is 103 cm³/mol. The van der Waals surface area contributed by atoms with Crippen molar-refractivity contribution in [2.75, 3.05) is 13.1 Å². The molecule has 0 atom stereocenters. The van der Waals surface area contributed by atoms with E-state index in [1.54, 1.807) is 32.9 Å². The molecule has 1 fully saturated rings. The second-order valence-corrected chi connectivity index (χ2v) is 10.1. The van der Waals surface area contributed by atoms with Gasteiger partial charge in [-0.15, -0.1) is 0 Å². The lowest BCUT2D eigenvalue weighted by Crippen LogP contribution is -2.47. The molecule has 1 saturated heterocycles. The Bertz CT molecular complexity index is 755. The van der Waals surface area contributed by atoms with Crippen molar-refractivity contribution in [3.05, 3.63) is 33.8 Å². The van der Waals surface area contributed by atoms with E-state index in [2.05, 4.69) is 5.32 Å². The lowest BCUT2D eigenvalue weighted by atomic mass is 10.1. The number of benzene rings is 1. The van der Waals surface area contributed by atoms with Gasteiger partial charge in [0.05, 0.1) is 5.75 Å². The quantitative estimate of drug-likeness (QED) is 0.799. The van der Waals surface area contributed by atoms with Crippen molar-refractivity contribution in [3.8, 4) is 0 Å². The number of ether oxygens (including phenoxy) is 1. The normalized spacial score (nSPS) is 17.1. The van der Waals surface area contributed by atoms with Gasteiger partial charge in [0, 0.05) is 29.2 Å². The molecule has 1 aromatic carbocycles. The average Bonchev–Trinajstić information content (AvgIpc) is 2.48. The van der Waals surface area contributed by atoms with Gasteiger partial charge in [0.15, 0.2) is 0 Å². The third-order valence-electron chi connectivity index (χ3n) is 3.92. The molecule has 0 unspecified atom stereocenters. The fourth-order valence-corrected chi connectivity index (χ4v) is 4.83. The Morgan fingerprint density at radius 2 is 1.88 bits per heavy atom. The molecule has 1 aliphatic rings. The molecular weight excluding hydrogens is 399 g/mol. The number of hydrogen-bond donors (Lipinski definition) is 1. The van der Waals surface area contributed by atoms with Crippen LogP contribution >= 0.6 is 23.2 Å². The third-order valence-corrected chi connectivity index (χ3v) is 6.34. The molecule has 1 aliphatic heterocycles. The van der Waals surface area contributed by atoms with Gasteiger partial charge in [0.1, 0.15) is 5.60 Å². The van der Waals surface area contributed by atoms with E-state index in [9.17, 15) is 13.2 Å². The molecule has 0 saturated carbocycles. The van der Waals surface area contributed by atoms with Crippen molar-refractivity contribution in [1.29, 1.82) is 0 Å². The van der Waals surface area contributed by atoms with Gasteiger partial charge in [-0.3, -0.25) is 0 Å². The minimum atomic E-state index is -3.49. The van der Waals surface area contributed by atoms with E-state index in [-0.39, 0.29) is 11.8 Å². The highest BCUT2D eigenvalue weighted by atomic mass is 35.5. The molecule has 1 amide bonds. The molecule has 1 N–H and O–H groups in total. The molecule has 0 aliphatic carbocycles. The van der Waals surface area contributed by atoms with Crippen LogP contribution in [0.4, 0.5) is 4.79 Å². The second-order valence-electron chi connectivity index (χ2n) is 7.31. The summed E-state index contributed by atoms with van der Waals surface area (Å²) in [7, 11) is -3.49. The van der Waals surface area contributed by atoms with Gasteiger partial charge in [0.25, 0.3) is 0 Å². The van der Waals surface area contributed by atoms with Crippen LogP contribution in [0.15, 0.2) is 18.2 Å². The lowest BCUT2D eigenvalue weighted by Gasteiger charge is -2.32. The van der Waals surface area contributed by atoms with Crippen molar-refractivity contribution in [2.45, 2.75) is 51.0 Å². The first kappa shape index (κ1) is 21.3. The highest BCUT2D eigenvalue weighted by Crippen LogP contribution is 2.25. The third kappa shape index (κ3) is 6.30. The Labute approximate surface area is 164 Å². The van der Waals surface area contributed by atoms with E-state index in [0.29, 0.717) is 41.5 Å². The largest absolute Gasteiger partial charge is 0.444 e. The van der Waals surface area contributed by atoms with Gasteiger partial charge in [-0.1, -0.05) is 29.3 Å². The number of nitrogens with zero attached hydrogens (tertiary/aromatic N) is 1.